The number of rotatable bonds is 2. The number of urea groups is 1. The van der Waals surface area contributed by atoms with Crippen LogP contribution >= 0.6 is 22.9 Å². The van der Waals surface area contributed by atoms with Gasteiger partial charge in [-0.1, -0.05) is 11.6 Å². The molecule has 24 heavy (non-hydrogen) atoms. The molecule has 0 aliphatic carbocycles. The predicted molar refractivity (Wildman–Crippen MR) is 96.9 cm³/mol. The number of carbonyl (C=O) groups excluding carboxylic acids is 2. The van der Waals surface area contributed by atoms with E-state index in [2.05, 4.69) is 5.32 Å². The van der Waals surface area contributed by atoms with Gasteiger partial charge in [-0.15, -0.1) is 0 Å². The molecule has 0 radical (unpaired) electrons. The van der Waals surface area contributed by atoms with E-state index >= 15 is 0 Å². The van der Waals surface area contributed by atoms with Gasteiger partial charge in [0, 0.05) is 42.3 Å². The smallest absolute Gasteiger partial charge is 0.321 e. The highest BCUT2D eigenvalue weighted by atomic mass is 35.5. The Balaban J connectivity index is 1.57. The molecule has 0 unspecified atom stereocenters. The van der Waals surface area contributed by atoms with Crippen LogP contribution in [-0.2, 0) is 0 Å². The maximum Gasteiger partial charge on any atom is 0.321 e. The van der Waals surface area contributed by atoms with Crippen molar-refractivity contribution in [3.05, 3.63) is 51.7 Å². The highest BCUT2D eigenvalue weighted by Gasteiger charge is 2.23. The standard InChI is InChI=1S/C17H18ClN3O2S/c18-14-2-4-15(5-3-14)19-17(23)21-8-1-7-20(9-10-21)16(22)13-6-11-24-12-13/h2-6,11-12H,1,7-10H2,(H,19,23). The number of carbonyl (C=O) groups is 2. The molecule has 0 spiro atoms. The summed E-state index contributed by atoms with van der Waals surface area (Å²) in [4.78, 5) is 28.4. The second kappa shape index (κ2) is 7.68. The monoisotopic (exact) mass is 363 g/mol. The molecule has 1 aromatic heterocycles. The molecule has 1 fully saturated rings. The van der Waals surface area contributed by atoms with Gasteiger partial charge in [-0.2, -0.15) is 11.3 Å². The second-order valence-electron chi connectivity index (χ2n) is 5.58. The zero-order chi connectivity index (χ0) is 16.9. The highest BCUT2D eigenvalue weighted by Crippen LogP contribution is 2.15. The Hall–Kier alpha value is -2.05. The molecule has 1 N–H and O–H groups in total. The molecular formula is C17H18ClN3O2S. The Morgan fingerprint density at radius 2 is 1.71 bits per heavy atom. The lowest BCUT2D eigenvalue weighted by molar-refractivity contribution is 0.0763. The lowest BCUT2D eigenvalue weighted by Crippen LogP contribution is -2.39. The fourth-order valence-electron chi connectivity index (χ4n) is 2.63. The number of thiophene rings is 1. The molecule has 1 aromatic carbocycles. The van der Waals surface area contributed by atoms with Crippen molar-refractivity contribution in [2.75, 3.05) is 31.5 Å². The predicted octanol–water partition coefficient (Wildman–Crippen LogP) is 3.78. The molecule has 2 aromatic rings. The molecule has 126 valence electrons. The average Bonchev–Trinajstić information content (AvgIpc) is 3.00. The van der Waals surface area contributed by atoms with E-state index in [0.29, 0.717) is 36.9 Å². The summed E-state index contributed by atoms with van der Waals surface area (Å²) in [6, 6.07) is 8.70. The van der Waals surface area contributed by atoms with Crippen molar-refractivity contribution >= 4 is 40.6 Å². The molecule has 5 nitrogen and oxygen atoms in total. The van der Waals surface area contributed by atoms with Crippen LogP contribution in [0.15, 0.2) is 41.1 Å². The van der Waals surface area contributed by atoms with Gasteiger partial charge in [-0.05, 0) is 42.1 Å². The normalized spacial score (nSPS) is 15.0. The van der Waals surface area contributed by atoms with Crippen LogP contribution in [0.25, 0.3) is 0 Å². The molecule has 7 heteroatoms. The van der Waals surface area contributed by atoms with Crippen molar-refractivity contribution in [2.24, 2.45) is 0 Å². The SMILES string of the molecule is O=C(Nc1ccc(Cl)cc1)N1CCCN(C(=O)c2ccsc2)CC1. The molecule has 0 atom stereocenters. The lowest BCUT2D eigenvalue weighted by Gasteiger charge is -2.22. The molecule has 1 aliphatic heterocycles. The average molecular weight is 364 g/mol. The van der Waals surface area contributed by atoms with E-state index in [0.717, 1.165) is 12.0 Å². The van der Waals surface area contributed by atoms with E-state index in [4.69, 9.17) is 11.6 Å². The van der Waals surface area contributed by atoms with Gasteiger partial charge in [0.1, 0.15) is 0 Å². The van der Waals surface area contributed by atoms with Crippen molar-refractivity contribution in [1.29, 1.82) is 0 Å². The third-order valence-corrected chi connectivity index (χ3v) is 4.87. The number of benzene rings is 1. The third-order valence-electron chi connectivity index (χ3n) is 3.93. The second-order valence-corrected chi connectivity index (χ2v) is 6.80. The van der Waals surface area contributed by atoms with Gasteiger partial charge in [-0.25, -0.2) is 4.79 Å². The van der Waals surface area contributed by atoms with Crippen molar-refractivity contribution in [1.82, 2.24) is 9.80 Å². The summed E-state index contributed by atoms with van der Waals surface area (Å²) < 4.78 is 0. The fourth-order valence-corrected chi connectivity index (χ4v) is 3.38. The summed E-state index contributed by atoms with van der Waals surface area (Å²) in [5.74, 6) is 0.0382. The van der Waals surface area contributed by atoms with Crippen LogP contribution in [0, 0.1) is 0 Å². The summed E-state index contributed by atoms with van der Waals surface area (Å²) in [6.07, 6.45) is 0.768. The van der Waals surface area contributed by atoms with E-state index in [1.807, 2.05) is 21.7 Å². The minimum Gasteiger partial charge on any atom is -0.337 e. The number of hydrogen-bond donors (Lipinski definition) is 1. The van der Waals surface area contributed by atoms with E-state index in [-0.39, 0.29) is 11.9 Å². The Morgan fingerprint density at radius 1 is 1.00 bits per heavy atom. The number of amides is 3. The molecule has 3 amide bonds. The number of anilines is 1. The first-order chi connectivity index (χ1) is 11.6. The maximum absolute atomic E-state index is 12.4. The van der Waals surface area contributed by atoms with Gasteiger partial charge in [0.15, 0.2) is 0 Å². The van der Waals surface area contributed by atoms with Gasteiger partial charge >= 0.3 is 6.03 Å². The van der Waals surface area contributed by atoms with Crippen LogP contribution in [0.5, 0.6) is 0 Å². The Bertz CT molecular complexity index is 703. The van der Waals surface area contributed by atoms with Crippen LogP contribution in [0.3, 0.4) is 0 Å². The minimum absolute atomic E-state index is 0.0382. The van der Waals surface area contributed by atoms with Crippen LogP contribution in [0.2, 0.25) is 5.02 Å². The first-order valence-electron chi connectivity index (χ1n) is 7.76. The molecular weight excluding hydrogens is 346 g/mol. The minimum atomic E-state index is -0.151. The van der Waals surface area contributed by atoms with Gasteiger partial charge in [0.2, 0.25) is 0 Å². The van der Waals surface area contributed by atoms with Crippen molar-refractivity contribution in [3.8, 4) is 0 Å². The Kier molecular flexibility index (Phi) is 5.37. The highest BCUT2D eigenvalue weighted by molar-refractivity contribution is 7.08. The summed E-state index contributed by atoms with van der Waals surface area (Å²) >= 11 is 7.36. The van der Waals surface area contributed by atoms with E-state index in [1.165, 1.54) is 11.3 Å². The van der Waals surface area contributed by atoms with E-state index < -0.39 is 0 Å². The zero-order valence-corrected chi connectivity index (χ0v) is 14.6. The van der Waals surface area contributed by atoms with E-state index in [9.17, 15) is 9.59 Å². The molecule has 0 bridgehead atoms. The lowest BCUT2D eigenvalue weighted by atomic mass is 10.3. The van der Waals surface area contributed by atoms with Gasteiger partial charge in [-0.3, -0.25) is 4.79 Å². The quantitative estimate of drug-likeness (QED) is 0.882. The number of hydrogen-bond acceptors (Lipinski definition) is 3. The van der Waals surface area contributed by atoms with Gasteiger partial charge in [0.25, 0.3) is 5.91 Å². The zero-order valence-electron chi connectivity index (χ0n) is 13.1. The Labute approximate surface area is 149 Å². The molecule has 1 saturated heterocycles. The van der Waals surface area contributed by atoms with E-state index in [1.54, 1.807) is 29.2 Å². The fraction of sp³-hybridized carbons (Fsp3) is 0.294. The summed E-state index contributed by atoms with van der Waals surface area (Å²) in [5.41, 5.74) is 1.43. The number of halogens is 1. The molecule has 3 rings (SSSR count). The molecule has 1 aliphatic rings. The first kappa shape index (κ1) is 16.8. The largest absolute Gasteiger partial charge is 0.337 e. The van der Waals surface area contributed by atoms with Gasteiger partial charge < -0.3 is 15.1 Å². The van der Waals surface area contributed by atoms with Crippen LogP contribution in [0.1, 0.15) is 16.8 Å². The van der Waals surface area contributed by atoms with Gasteiger partial charge in [0.05, 0.1) is 5.56 Å². The topological polar surface area (TPSA) is 52.7 Å². The van der Waals surface area contributed by atoms with Crippen molar-refractivity contribution in [2.45, 2.75) is 6.42 Å². The Morgan fingerprint density at radius 3 is 2.42 bits per heavy atom. The maximum atomic E-state index is 12.4. The molecule has 2 heterocycles. The summed E-state index contributed by atoms with van der Waals surface area (Å²) in [6.45, 7) is 2.37. The third kappa shape index (κ3) is 4.07. The summed E-state index contributed by atoms with van der Waals surface area (Å²) in [7, 11) is 0. The molecule has 0 saturated carbocycles. The first-order valence-corrected chi connectivity index (χ1v) is 9.08. The summed E-state index contributed by atoms with van der Waals surface area (Å²) in [5, 5.41) is 7.25. The number of nitrogens with one attached hydrogen (secondary N) is 1. The van der Waals surface area contributed by atoms with Crippen LogP contribution < -0.4 is 5.32 Å². The number of nitrogens with zero attached hydrogens (tertiary/aromatic N) is 2. The van der Waals surface area contributed by atoms with Crippen LogP contribution in [0.4, 0.5) is 10.5 Å². The van der Waals surface area contributed by atoms with Crippen molar-refractivity contribution in [3.63, 3.8) is 0 Å². The van der Waals surface area contributed by atoms with Crippen LogP contribution in [-0.4, -0.2) is 47.9 Å². The van der Waals surface area contributed by atoms with Crippen molar-refractivity contribution < 1.29 is 9.59 Å².